The topological polar surface area (TPSA) is 85.8 Å². The number of alkyl halides is 3. The van der Waals surface area contributed by atoms with E-state index < -0.39 is 23.9 Å². The van der Waals surface area contributed by atoms with Gasteiger partial charge in [0.05, 0.1) is 5.69 Å². The molecule has 0 N–H and O–H groups in total. The van der Waals surface area contributed by atoms with E-state index in [1.807, 2.05) is 20.8 Å². The van der Waals surface area contributed by atoms with Gasteiger partial charge in [0.2, 0.25) is 5.88 Å². The van der Waals surface area contributed by atoms with E-state index in [0.29, 0.717) is 36.0 Å². The van der Waals surface area contributed by atoms with E-state index in [1.54, 1.807) is 17.9 Å². The number of aromatic nitrogens is 1. The van der Waals surface area contributed by atoms with Gasteiger partial charge in [0, 0.05) is 52.5 Å². The number of allylic oxidation sites excluding steroid dienone is 2. The second-order valence-corrected chi connectivity index (χ2v) is 15.1. The van der Waals surface area contributed by atoms with Crippen LogP contribution in [0, 0.1) is 41.4 Å². The summed E-state index contributed by atoms with van der Waals surface area (Å²) in [6.45, 7) is 11.7. The lowest BCUT2D eigenvalue weighted by atomic mass is 9.49. The molecule has 2 heterocycles. The molecule has 0 bridgehead atoms. The lowest BCUT2D eigenvalue weighted by Crippen LogP contribution is -2.59. The highest BCUT2D eigenvalue weighted by atomic mass is 79.9. The number of aryl methyl sites for hydroxylation is 1. The highest BCUT2D eigenvalue weighted by molar-refractivity contribution is 9.10. The normalized spacial score (nSPS) is 32.4. The van der Waals surface area contributed by atoms with E-state index in [1.165, 1.54) is 6.07 Å². The zero-order valence-corrected chi connectivity index (χ0v) is 27.2. The number of amides is 1. The molecule has 0 radical (unpaired) electrons. The van der Waals surface area contributed by atoms with Crippen molar-refractivity contribution < 1.29 is 37.0 Å². The summed E-state index contributed by atoms with van der Waals surface area (Å²) < 4.78 is 50.0. The molecule has 4 aliphatic rings. The molecule has 3 fully saturated rings. The first-order chi connectivity index (χ1) is 19.8. The Morgan fingerprint density at radius 1 is 1.12 bits per heavy atom. The molecule has 1 aromatic heterocycles. The minimum atomic E-state index is -4.93. The molecular weight excluding hydrogens is 629 g/mol. The summed E-state index contributed by atoms with van der Waals surface area (Å²) in [5.41, 5.74) is -0.281. The highest BCUT2D eigenvalue weighted by Gasteiger charge is 2.62. The van der Waals surface area contributed by atoms with Crippen molar-refractivity contribution in [3.63, 3.8) is 0 Å². The van der Waals surface area contributed by atoms with Gasteiger partial charge in [-0.05, 0) is 105 Å². The third kappa shape index (κ3) is 5.99. The van der Waals surface area contributed by atoms with Gasteiger partial charge in [0.15, 0.2) is 5.78 Å². The number of piperidine rings is 1. The Kier molecular flexibility index (Phi) is 8.09. The van der Waals surface area contributed by atoms with E-state index in [9.17, 15) is 27.6 Å². The molecule has 1 aromatic rings. The average Bonchev–Trinajstić information content (AvgIpc) is 3.22. The Morgan fingerprint density at radius 3 is 2.47 bits per heavy atom. The van der Waals surface area contributed by atoms with E-state index in [-0.39, 0.29) is 58.1 Å². The van der Waals surface area contributed by atoms with Gasteiger partial charge >= 0.3 is 12.5 Å². The van der Waals surface area contributed by atoms with Crippen molar-refractivity contribution in [2.75, 3.05) is 6.54 Å². The van der Waals surface area contributed by atoms with E-state index in [0.717, 1.165) is 25.0 Å². The van der Waals surface area contributed by atoms with Crippen LogP contribution in [-0.4, -0.2) is 46.1 Å². The van der Waals surface area contributed by atoms with Crippen LogP contribution in [0.3, 0.4) is 0 Å². The summed E-state index contributed by atoms with van der Waals surface area (Å²) in [6, 6.07) is 1.49. The number of ether oxygens (including phenoxy) is 2. The summed E-state index contributed by atoms with van der Waals surface area (Å²) in [5, 5.41) is 0. The van der Waals surface area contributed by atoms with Crippen molar-refractivity contribution in [2.24, 2.45) is 34.5 Å². The first kappa shape index (κ1) is 32.0. The minimum Gasteiger partial charge on any atom is -0.443 e. The van der Waals surface area contributed by atoms with Gasteiger partial charge in [-0.2, -0.15) is 0 Å². The van der Waals surface area contributed by atoms with Gasteiger partial charge in [-0.25, -0.2) is 9.78 Å². The summed E-state index contributed by atoms with van der Waals surface area (Å²) in [6.07, 6.45) is 0.148. The molecule has 3 aliphatic carbocycles. The van der Waals surface area contributed by atoms with Gasteiger partial charge < -0.3 is 9.47 Å². The molecule has 6 atom stereocenters. The number of fused-ring (bicyclic) bond motifs is 5. The molecule has 1 amide bonds. The molecular formula is C32H40BrF3N2O5. The fourth-order valence-electron chi connectivity index (χ4n) is 8.56. The smallest absolute Gasteiger partial charge is 0.443 e. The predicted octanol–water partition coefficient (Wildman–Crippen LogP) is 7.73. The SMILES string of the molecule is Cc1nc(OC(F)(F)F)c(CC(=O)C2CCC3C4CN(C(=O)OC(C)(C)C)C5=CC(=O)CC[C@]5(C)C4CC[C@]23C)cc1Br. The molecule has 7 nitrogen and oxygen atoms in total. The fraction of sp³-hybridized carbons (Fsp3) is 0.688. The Balaban J connectivity index is 1.43. The van der Waals surface area contributed by atoms with Gasteiger partial charge in [0.1, 0.15) is 11.4 Å². The van der Waals surface area contributed by atoms with Crippen LogP contribution < -0.4 is 4.74 Å². The number of halogens is 4. The van der Waals surface area contributed by atoms with Crippen molar-refractivity contribution in [3.8, 4) is 5.88 Å². The van der Waals surface area contributed by atoms with E-state index in [2.05, 4.69) is 39.5 Å². The minimum absolute atomic E-state index is 0.0118. The highest BCUT2D eigenvalue weighted by Crippen LogP contribution is 2.65. The van der Waals surface area contributed by atoms with Crippen LogP contribution >= 0.6 is 15.9 Å². The van der Waals surface area contributed by atoms with Crippen molar-refractivity contribution in [2.45, 2.75) is 98.5 Å². The quantitative estimate of drug-likeness (QED) is 0.327. The van der Waals surface area contributed by atoms with Crippen molar-refractivity contribution >= 4 is 33.6 Å². The second kappa shape index (κ2) is 10.9. The maximum absolute atomic E-state index is 13.9. The summed E-state index contributed by atoms with van der Waals surface area (Å²) in [4.78, 5) is 45.6. The third-order valence-corrected chi connectivity index (χ3v) is 11.3. The first-order valence-electron chi connectivity index (χ1n) is 15.0. The first-order valence-corrected chi connectivity index (χ1v) is 15.8. The van der Waals surface area contributed by atoms with Crippen molar-refractivity contribution in [1.82, 2.24) is 9.88 Å². The van der Waals surface area contributed by atoms with Crippen LogP contribution in [-0.2, 0) is 20.7 Å². The number of rotatable bonds is 4. The number of likely N-dealkylation sites (tertiary alicyclic amines) is 1. The Bertz CT molecular complexity index is 1370. The van der Waals surface area contributed by atoms with Crippen molar-refractivity contribution in [3.05, 3.63) is 33.6 Å². The summed E-state index contributed by atoms with van der Waals surface area (Å²) in [7, 11) is 0. The number of carbonyl (C=O) groups excluding carboxylic acids is 3. The van der Waals surface area contributed by atoms with Crippen LogP contribution in [0.5, 0.6) is 5.88 Å². The van der Waals surface area contributed by atoms with E-state index in [4.69, 9.17) is 4.74 Å². The number of carbonyl (C=O) groups is 3. The molecule has 1 aliphatic heterocycles. The van der Waals surface area contributed by atoms with Gasteiger partial charge in [-0.3, -0.25) is 14.5 Å². The zero-order valence-electron chi connectivity index (χ0n) is 25.6. The maximum atomic E-state index is 13.9. The molecule has 11 heteroatoms. The number of Topliss-reactive ketones (excluding diaryl/α,β-unsaturated/α-hetero) is 1. The average molecular weight is 670 g/mol. The number of ketones is 2. The van der Waals surface area contributed by atoms with Gasteiger partial charge in [-0.1, -0.05) is 13.8 Å². The van der Waals surface area contributed by atoms with E-state index >= 15 is 0 Å². The number of hydrogen-bond acceptors (Lipinski definition) is 6. The molecule has 5 rings (SSSR count). The largest absolute Gasteiger partial charge is 0.574 e. The fourth-order valence-corrected chi connectivity index (χ4v) is 8.92. The zero-order chi connectivity index (χ0) is 31.7. The maximum Gasteiger partial charge on any atom is 0.574 e. The molecule has 43 heavy (non-hydrogen) atoms. The van der Waals surface area contributed by atoms with Crippen LogP contribution in [0.15, 0.2) is 22.3 Å². The molecule has 0 aromatic carbocycles. The van der Waals surface area contributed by atoms with Gasteiger partial charge in [0.25, 0.3) is 0 Å². The van der Waals surface area contributed by atoms with Crippen LogP contribution in [0.1, 0.15) is 84.4 Å². The molecule has 4 unspecified atom stereocenters. The standard InChI is InChI=1S/C32H40BrF3N2O5/c1-17-24(33)13-18(27(37-17)42-32(34,35)36)14-25(40)23-8-7-21-20-16-38(28(41)43-29(2,3)4)26-15-19(39)9-11-31(26,6)22(20)10-12-30(21,23)5/h13,15,20-23H,7-12,14,16H2,1-6H3/t20?,21?,22?,23?,30-,31+/m0/s1. The van der Waals surface area contributed by atoms with Crippen LogP contribution in [0.2, 0.25) is 0 Å². The third-order valence-electron chi connectivity index (χ3n) is 10.5. The number of hydrogen-bond donors (Lipinski definition) is 0. The predicted molar refractivity (Wildman–Crippen MR) is 156 cm³/mol. The lowest BCUT2D eigenvalue weighted by Gasteiger charge is -2.60. The summed E-state index contributed by atoms with van der Waals surface area (Å²) in [5.74, 6) is -0.579. The molecule has 1 saturated heterocycles. The van der Waals surface area contributed by atoms with Crippen LogP contribution in [0.4, 0.5) is 18.0 Å². The molecule has 236 valence electrons. The monoisotopic (exact) mass is 668 g/mol. The number of nitrogens with zero attached hydrogens (tertiary/aromatic N) is 2. The Morgan fingerprint density at radius 2 is 1.81 bits per heavy atom. The van der Waals surface area contributed by atoms with Gasteiger partial charge in [-0.15, -0.1) is 13.2 Å². The molecule has 2 saturated carbocycles. The molecule has 0 spiro atoms. The Hall–Kier alpha value is -2.43. The van der Waals surface area contributed by atoms with Crippen molar-refractivity contribution in [1.29, 1.82) is 0 Å². The van der Waals surface area contributed by atoms with Crippen LogP contribution in [0.25, 0.3) is 0 Å². The Labute approximate surface area is 259 Å². The second-order valence-electron chi connectivity index (χ2n) is 14.3. The lowest BCUT2D eigenvalue weighted by molar-refractivity contribution is -0.276. The number of pyridine rings is 1. The summed E-state index contributed by atoms with van der Waals surface area (Å²) >= 11 is 3.33.